The molecule has 1 aliphatic heterocycles. The summed E-state index contributed by atoms with van der Waals surface area (Å²) in [6, 6.07) is 7.60. The quantitative estimate of drug-likeness (QED) is 0.639. The first-order chi connectivity index (χ1) is 13.4. The summed E-state index contributed by atoms with van der Waals surface area (Å²) in [5.74, 6) is 0.588. The molecule has 0 spiro atoms. The molecule has 6 heteroatoms. The van der Waals surface area contributed by atoms with Crippen LogP contribution in [0.1, 0.15) is 63.5 Å². The van der Waals surface area contributed by atoms with Crippen molar-refractivity contribution in [2.24, 2.45) is 11.8 Å². The van der Waals surface area contributed by atoms with Crippen molar-refractivity contribution in [1.82, 2.24) is 9.62 Å². The summed E-state index contributed by atoms with van der Waals surface area (Å²) < 4.78 is 27.1. The smallest absolute Gasteiger partial charge is 0.223 e. The van der Waals surface area contributed by atoms with E-state index in [9.17, 15) is 13.2 Å². The number of carbonyl (C=O) groups is 1. The van der Waals surface area contributed by atoms with Gasteiger partial charge in [-0.15, -0.1) is 0 Å². The van der Waals surface area contributed by atoms with E-state index in [0.717, 1.165) is 30.5 Å². The Kier molecular flexibility index (Phi) is 8.96. The van der Waals surface area contributed by atoms with Gasteiger partial charge in [-0.1, -0.05) is 57.4 Å². The molecule has 1 aromatic rings. The molecule has 0 unspecified atom stereocenters. The predicted molar refractivity (Wildman–Crippen MR) is 114 cm³/mol. The monoisotopic (exact) mass is 408 g/mol. The third kappa shape index (κ3) is 6.59. The summed E-state index contributed by atoms with van der Waals surface area (Å²) in [5.41, 5.74) is 1.84. The minimum atomic E-state index is -3.35. The first-order valence-corrected chi connectivity index (χ1v) is 12.3. The van der Waals surface area contributed by atoms with Gasteiger partial charge in [-0.25, -0.2) is 12.7 Å². The van der Waals surface area contributed by atoms with Gasteiger partial charge in [0.15, 0.2) is 0 Å². The number of benzene rings is 1. The molecule has 1 saturated heterocycles. The molecule has 0 aromatic heterocycles. The maximum Gasteiger partial charge on any atom is 0.223 e. The fourth-order valence-electron chi connectivity index (χ4n) is 3.79. The zero-order valence-electron chi connectivity index (χ0n) is 17.6. The summed E-state index contributed by atoms with van der Waals surface area (Å²) in [7, 11) is -3.35. The number of piperidine rings is 1. The van der Waals surface area contributed by atoms with Gasteiger partial charge in [-0.05, 0) is 43.2 Å². The number of hydrogen-bond acceptors (Lipinski definition) is 3. The van der Waals surface area contributed by atoms with Gasteiger partial charge in [-0.2, -0.15) is 0 Å². The Labute approximate surface area is 170 Å². The highest BCUT2D eigenvalue weighted by atomic mass is 32.2. The van der Waals surface area contributed by atoms with Crippen molar-refractivity contribution >= 4 is 15.9 Å². The second-order valence-corrected chi connectivity index (χ2v) is 9.99. The molecule has 1 atom stereocenters. The Balaban J connectivity index is 1.82. The normalized spacial score (nSPS) is 17.4. The van der Waals surface area contributed by atoms with Crippen LogP contribution in [0, 0.1) is 18.8 Å². The molecule has 5 nitrogen and oxygen atoms in total. The summed E-state index contributed by atoms with van der Waals surface area (Å²) >= 11 is 0. The van der Waals surface area contributed by atoms with Crippen LogP contribution in [0.3, 0.4) is 0 Å². The molecule has 0 saturated carbocycles. The lowest BCUT2D eigenvalue weighted by Crippen LogP contribution is -2.44. The zero-order valence-corrected chi connectivity index (χ0v) is 18.4. The molecule has 1 heterocycles. The Morgan fingerprint density at radius 1 is 1.21 bits per heavy atom. The van der Waals surface area contributed by atoms with Crippen LogP contribution in [0.4, 0.5) is 0 Å². The van der Waals surface area contributed by atoms with Crippen LogP contribution in [0.25, 0.3) is 0 Å². The number of carbonyl (C=O) groups excluding carboxylic acids is 1. The van der Waals surface area contributed by atoms with Crippen LogP contribution >= 0.6 is 0 Å². The average Bonchev–Trinajstić information content (AvgIpc) is 2.69. The maximum absolute atomic E-state index is 12.8. The van der Waals surface area contributed by atoms with E-state index in [-0.39, 0.29) is 17.6 Å². The molecule has 28 heavy (non-hydrogen) atoms. The molecule has 1 N–H and O–H groups in total. The van der Waals surface area contributed by atoms with E-state index >= 15 is 0 Å². The second-order valence-electron chi connectivity index (χ2n) is 8.02. The molecule has 0 bridgehead atoms. The third-order valence-corrected chi connectivity index (χ3v) is 7.75. The lowest BCUT2D eigenvalue weighted by molar-refractivity contribution is -0.126. The Morgan fingerprint density at radius 2 is 1.89 bits per heavy atom. The van der Waals surface area contributed by atoms with Gasteiger partial charge >= 0.3 is 0 Å². The third-order valence-electron chi connectivity index (χ3n) is 5.93. The lowest BCUT2D eigenvalue weighted by Gasteiger charge is -2.31. The molecular formula is C22H36N2O3S. The number of aryl methyl sites for hydroxylation is 1. The highest BCUT2D eigenvalue weighted by Gasteiger charge is 2.31. The maximum atomic E-state index is 12.8. The lowest BCUT2D eigenvalue weighted by atomic mass is 9.95. The topological polar surface area (TPSA) is 66.5 Å². The van der Waals surface area contributed by atoms with Gasteiger partial charge in [0.1, 0.15) is 0 Å². The van der Waals surface area contributed by atoms with Crippen LogP contribution in [0.2, 0.25) is 0 Å². The number of sulfonamides is 1. The van der Waals surface area contributed by atoms with E-state index in [1.54, 1.807) is 4.31 Å². The van der Waals surface area contributed by atoms with E-state index in [1.165, 1.54) is 12.8 Å². The van der Waals surface area contributed by atoms with E-state index in [1.807, 2.05) is 31.2 Å². The average molecular weight is 409 g/mol. The SMILES string of the molecule is CCCC[C@H](CC)CNC(=O)C1CCN(S(=O)(=O)Cc2ccccc2C)CC1. The van der Waals surface area contributed by atoms with Gasteiger partial charge in [0.05, 0.1) is 5.75 Å². The molecule has 1 amide bonds. The van der Waals surface area contributed by atoms with Crippen LogP contribution < -0.4 is 5.32 Å². The molecule has 0 radical (unpaired) electrons. The minimum absolute atomic E-state index is 0.0339. The van der Waals surface area contributed by atoms with Gasteiger partial charge in [0.25, 0.3) is 0 Å². The molecule has 158 valence electrons. The molecule has 1 aliphatic rings. The molecule has 1 fully saturated rings. The molecule has 1 aromatic carbocycles. The highest BCUT2D eigenvalue weighted by Crippen LogP contribution is 2.23. The Hall–Kier alpha value is -1.40. The van der Waals surface area contributed by atoms with E-state index in [0.29, 0.717) is 31.8 Å². The number of amides is 1. The standard InChI is InChI=1S/C22H36N2O3S/c1-4-6-10-19(5-2)16-23-22(25)20-12-14-24(15-13-20)28(26,27)17-21-11-8-7-9-18(21)3/h7-9,11,19-20H,4-6,10,12-17H2,1-3H3,(H,23,25)/t19-/m0/s1. The Morgan fingerprint density at radius 3 is 2.50 bits per heavy atom. The molecule has 0 aliphatic carbocycles. The van der Waals surface area contributed by atoms with Crippen molar-refractivity contribution < 1.29 is 13.2 Å². The van der Waals surface area contributed by atoms with Gasteiger partial charge in [0.2, 0.25) is 15.9 Å². The minimum Gasteiger partial charge on any atom is -0.356 e. The largest absolute Gasteiger partial charge is 0.356 e. The number of nitrogens with one attached hydrogen (secondary N) is 1. The second kappa shape index (κ2) is 11.0. The number of hydrogen-bond donors (Lipinski definition) is 1. The summed E-state index contributed by atoms with van der Waals surface area (Å²) in [5, 5.41) is 3.11. The predicted octanol–water partition coefficient (Wildman–Crippen LogP) is 3.87. The van der Waals surface area contributed by atoms with Crippen LogP contribution in [0.5, 0.6) is 0 Å². The van der Waals surface area contributed by atoms with Crippen molar-refractivity contribution in [2.45, 2.75) is 65.0 Å². The van der Waals surface area contributed by atoms with Crippen molar-refractivity contribution in [2.75, 3.05) is 19.6 Å². The Bertz CT molecular complexity index is 725. The first kappa shape index (κ1) is 22.9. The number of nitrogens with zero attached hydrogens (tertiary/aromatic N) is 1. The van der Waals surface area contributed by atoms with Crippen molar-refractivity contribution in [3.05, 3.63) is 35.4 Å². The fourth-order valence-corrected chi connectivity index (χ4v) is 5.46. The van der Waals surface area contributed by atoms with Gasteiger partial charge < -0.3 is 5.32 Å². The van der Waals surface area contributed by atoms with Crippen LogP contribution in [0.15, 0.2) is 24.3 Å². The number of rotatable bonds is 10. The van der Waals surface area contributed by atoms with Crippen molar-refractivity contribution in [3.8, 4) is 0 Å². The fraction of sp³-hybridized carbons (Fsp3) is 0.682. The van der Waals surface area contributed by atoms with Gasteiger partial charge in [0, 0.05) is 25.6 Å². The first-order valence-electron chi connectivity index (χ1n) is 10.7. The summed E-state index contributed by atoms with van der Waals surface area (Å²) in [6.45, 7) is 7.89. The van der Waals surface area contributed by atoms with Crippen LogP contribution in [-0.4, -0.2) is 38.3 Å². The van der Waals surface area contributed by atoms with Crippen molar-refractivity contribution in [3.63, 3.8) is 0 Å². The molecular weight excluding hydrogens is 372 g/mol. The molecule has 2 rings (SSSR count). The van der Waals surface area contributed by atoms with Crippen molar-refractivity contribution in [1.29, 1.82) is 0 Å². The van der Waals surface area contributed by atoms with E-state index in [4.69, 9.17) is 0 Å². The van der Waals surface area contributed by atoms with E-state index in [2.05, 4.69) is 19.2 Å². The highest BCUT2D eigenvalue weighted by molar-refractivity contribution is 7.88. The summed E-state index contributed by atoms with van der Waals surface area (Å²) in [6.07, 6.45) is 5.82. The van der Waals surface area contributed by atoms with Gasteiger partial charge in [-0.3, -0.25) is 4.79 Å². The van der Waals surface area contributed by atoms with E-state index < -0.39 is 10.0 Å². The summed E-state index contributed by atoms with van der Waals surface area (Å²) in [4.78, 5) is 12.5. The zero-order chi connectivity index (χ0) is 20.6. The number of unbranched alkanes of at least 4 members (excludes halogenated alkanes) is 1. The van der Waals surface area contributed by atoms with Crippen LogP contribution in [-0.2, 0) is 20.6 Å².